The number of nitrogens with two attached hydrogens (primary N) is 1. The van der Waals surface area contributed by atoms with Crippen LogP contribution in [0.15, 0.2) is 42.5 Å². The Morgan fingerprint density at radius 3 is 2.58 bits per heavy atom. The molecule has 2 aromatic carbocycles. The van der Waals surface area contributed by atoms with E-state index >= 15 is 0 Å². The van der Waals surface area contributed by atoms with E-state index in [-0.39, 0.29) is 12.6 Å². The highest BCUT2D eigenvalue weighted by Crippen LogP contribution is 2.27. The van der Waals surface area contributed by atoms with E-state index in [0.717, 1.165) is 40.1 Å². The van der Waals surface area contributed by atoms with E-state index < -0.39 is 5.91 Å². The Labute approximate surface area is 195 Å². The number of aliphatic hydroxyl groups excluding tert-OH is 1. The van der Waals surface area contributed by atoms with Crippen LogP contribution in [0.3, 0.4) is 0 Å². The minimum Gasteiger partial charge on any atom is -0.490 e. The molecule has 4 N–H and O–H groups in total. The second kappa shape index (κ2) is 11.7. The molecule has 3 rings (SSSR count). The van der Waals surface area contributed by atoms with Gasteiger partial charge in [0.1, 0.15) is 6.61 Å². The van der Waals surface area contributed by atoms with E-state index in [1.54, 1.807) is 0 Å². The van der Waals surface area contributed by atoms with E-state index in [9.17, 15) is 9.90 Å². The number of ether oxygens (including phenoxy) is 2. The summed E-state index contributed by atoms with van der Waals surface area (Å²) in [6, 6.07) is 13.9. The summed E-state index contributed by atoms with van der Waals surface area (Å²) >= 11 is 0. The van der Waals surface area contributed by atoms with Gasteiger partial charge in [0.2, 0.25) is 0 Å². The quantitative estimate of drug-likeness (QED) is 0.345. The van der Waals surface area contributed by atoms with E-state index in [1.807, 2.05) is 44.2 Å². The van der Waals surface area contributed by atoms with Crippen molar-refractivity contribution in [1.82, 2.24) is 9.88 Å². The zero-order chi connectivity index (χ0) is 23.8. The van der Waals surface area contributed by atoms with Crippen molar-refractivity contribution in [1.29, 1.82) is 0 Å². The molecule has 1 amide bonds. The Bertz CT molecular complexity index is 1080. The molecular formula is C26H35N3O4. The van der Waals surface area contributed by atoms with Crippen LogP contribution in [-0.4, -0.2) is 48.0 Å². The summed E-state index contributed by atoms with van der Waals surface area (Å²) in [5.41, 5.74) is 9.20. The summed E-state index contributed by atoms with van der Waals surface area (Å²) in [6.45, 7) is 8.62. The molecule has 3 aromatic rings. The predicted molar refractivity (Wildman–Crippen MR) is 131 cm³/mol. The molecule has 1 atom stereocenters. The van der Waals surface area contributed by atoms with Crippen LogP contribution in [0.25, 0.3) is 10.9 Å². The molecule has 33 heavy (non-hydrogen) atoms. The lowest BCUT2D eigenvalue weighted by Gasteiger charge is -2.16. The fraction of sp³-hybridized carbons (Fsp3) is 0.423. The van der Waals surface area contributed by atoms with Crippen molar-refractivity contribution in [3.8, 4) is 11.5 Å². The van der Waals surface area contributed by atoms with Gasteiger partial charge in [-0.05, 0) is 69.5 Å². The Kier molecular flexibility index (Phi) is 8.74. The lowest BCUT2D eigenvalue weighted by atomic mass is 10.0. The molecule has 1 aromatic heterocycles. The first kappa shape index (κ1) is 24.6. The minimum atomic E-state index is -0.438. The maximum Gasteiger partial charge on any atom is 0.250 e. The van der Waals surface area contributed by atoms with Gasteiger partial charge in [-0.3, -0.25) is 4.79 Å². The minimum absolute atomic E-state index is 0.104. The number of aryl methyl sites for hydroxylation is 2. The molecule has 0 aliphatic heterocycles. The number of nitrogens with one attached hydrogen (secondary N) is 1. The number of amides is 1. The second-order valence-electron chi connectivity index (χ2n) is 8.25. The first-order valence-electron chi connectivity index (χ1n) is 11.6. The highest BCUT2D eigenvalue weighted by Gasteiger charge is 2.16. The summed E-state index contributed by atoms with van der Waals surface area (Å²) in [5.74, 6) is 1.06. The third-order valence-corrected chi connectivity index (χ3v) is 5.61. The zero-order valence-corrected chi connectivity index (χ0v) is 19.8. The highest BCUT2D eigenvalue weighted by molar-refractivity contribution is 6.05. The molecule has 0 saturated heterocycles. The topological polar surface area (TPSA) is 98.7 Å². The monoisotopic (exact) mass is 453 g/mol. The van der Waals surface area contributed by atoms with Gasteiger partial charge in [-0.2, -0.15) is 0 Å². The summed E-state index contributed by atoms with van der Waals surface area (Å²) < 4.78 is 13.5. The Morgan fingerprint density at radius 1 is 1.18 bits per heavy atom. The summed E-state index contributed by atoms with van der Waals surface area (Å²) in [4.78, 5) is 12.2. The van der Waals surface area contributed by atoms with Crippen LogP contribution in [0.2, 0.25) is 0 Å². The second-order valence-corrected chi connectivity index (χ2v) is 8.25. The number of nitrogens with zero attached hydrogens (tertiary/aromatic N) is 1. The fourth-order valence-electron chi connectivity index (χ4n) is 4.17. The van der Waals surface area contributed by atoms with Gasteiger partial charge in [0.25, 0.3) is 5.91 Å². The van der Waals surface area contributed by atoms with Crippen LogP contribution >= 0.6 is 0 Å². The Hall–Kier alpha value is -3.03. The van der Waals surface area contributed by atoms with Gasteiger partial charge in [0.05, 0.1) is 17.7 Å². The molecule has 0 aliphatic rings. The molecule has 7 heteroatoms. The van der Waals surface area contributed by atoms with Crippen molar-refractivity contribution < 1.29 is 19.4 Å². The van der Waals surface area contributed by atoms with E-state index in [2.05, 4.69) is 28.9 Å². The van der Waals surface area contributed by atoms with Crippen molar-refractivity contribution in [3.05, 3.63) is 59.3 Å². The van der Waals surface area contributed by atoms with Crippen LogP contribution in [0.1, 0.15) is 41.9 Å². The number of carbonyl (C=O) groups excluding carboxylic acids is 1. The van der Waals surface area contributed by atoms with Crippen molar-refractivity contribution in [3.63, 3.8) is 0 Å². The smallest absolute Gasteiger partial charge is 0.250 e. The maximum absolute atomic E-state index is 12.2. The van der Waals surface area contributed by atoms with E-state index in [1.165, 1.54) is 0 Å². The highest BCUT2D eigenvalue weighted by atomic mass is 16.5. The van der Waals surface area contributed by atoms with Crippen molar-refractivity contribution in [2.45, 2.75) is 46.2 Å². The molecule has 1 heterocycles. The number of primary amides is 1. The van der Waals surface area contributed by atoms with Crippen molar-refractivity contribution in [2.24, 2.45) is 5.73 Å². The molecule has 0 bridgehead atoms. The number of aliphatic hydroxyl groups is 1. The number of fused-ring (bicyclic) bond motifs is 1. The number of benzene rings is 2. The van der Waals surface area contributed by atoms with Crippen LogP contribution < -0.4 is 20.5 Å². The third-order valence-electron chi connectivity index (χ3n) is 5.61. The molecular weight excluding hydrogens is 418 g/mol. The van der Waals surface area contributed by atoms with Crippen LogP contribution in [-0.2, 0) is 13.0 Å². The van der Waals surface area contributed by atoms with Crippen LogP contribution in [0.5, 0.6) is 11.5 Å². The third kappa shape index (κ3) is 6.27. The largest absolute Gasteiger partial charge is 0.490 e. The Morgan fingerprint density at radius 2 is 1.91 bits per heavy atom. The SMILES string of the molecule is CCOc1ccccc1OCCNC(C)Cc1cc(C(N)=O)c2c(c1)cc(C)n2CCCO. The summed E-state index contributed by atoms with van der Waals surface area (Å²) in [5, 5.41) is 13.7. The average Bonchev–Trinajstić information content (AvgIpc) is 3.10. The molecule has 0 fully saturated rings. The van der Waals surface area contributed by atoms with E-state index in [4.69, 9.17) is 15.2 Å². The van der Waals surface area contributed by atoms with Crippen LogP contribution in [0, 0.1) is 6.92 Å². The standard InChI is InChI=1S/C26H35N3O4/c1-4-32-23-8-5-6-9-24(23)33-13-10-28-18(2)14-20-16-21-15-19(3)29(11-7-12-30)25(21)22(17-20)26(27)31/h5-6,8-9,15-18,28,30H,4,7,10-14H2,1-3H3,(H2,27,31). The lowest BCUT2D eigenvalue weighted by Crippen LogP contribution is -2.32. The molecule has 7 nitrogen and oxygen atoms in total. The van der Waals surface area contributed by atoms with Gasteiger partial charge in [-0.15, -0.1) is 0 Å². The fourth-order valence-corrected chi connectivity index (χ4v) is 4.17. The molecule has 0 saturated carbocycles. The first-order valence-corrected chi connectivity index (χ1v) is 11.6. The average molecular weight is 454 g/mol. The van der Waals surface area contributed by atoms with Gasteiger partial charge in [-0.25, -0.2) is 0 Å². The molecule has 0 spiro atoms. The maximum atomic E-state index is 12.2. The Balaban J connectivity index is 1.64. The van der Waals surface area contributed by atoms with Gasteiger partial charge >= 0.3 is 0 Å². The summed E-state index contributed by atoms with van der Waals surface area (Å²) in [6.07, 6.45) is 1.38. The van der Waals surface area contributed by atoms with Gasteiger partial charge < -0.3 is 30.2 Å². The van der Waals surface area contributed by atoms with E-state index in [0.29, 0.717) is 38.3 Å². The molecule has 1 unspecified atom stereocenters. The first-order chi connectivity index (χ1) is 15.9. The van der Waals surface area contributed by atoms with Crippen LogP contribution in [0.4, 0.5) is 0 Å². The number of para-hydroxylation sites is 2. The molecule has 178 valence electrons. The van der Waals surface area contributed by atoms with Gasteiger partial charge in [0.15, 0.2) is 11.5 Å². The summed E-state index contributed by atoms with van der Waals surface area (Å²) in [7, 11) is 0. The normalized spacial score (nSPS) is 12.1. The predicted octanol–water partition coefficient (Wildman–Crippen LogP) is 3.43. The lowest BCUT2D eigenvalue weighted by molar-refractivity contribution is 0.100. The van der Waals surface area contributed by atoms with Gasteiger partial charge in [-0.1, -0.05) is 12.1 Å². The van der Waals surface area contributed by atoms with Gasteiger partial charge in [0, 0.05) is 36.8 Å². The molecule has 0 aliphatic carbocycles. The number of hydrogen-bond acceptors (Lipinski definition) is 5. The number of rotatable bonds is 13. The zero-order valence-electron chi connectivity index (χ0n) is 19.8. The molecule has 0 radical (unpaired) electrons. The van der Waals surface area contributed by atoms with Crippen molar-refractivity contribution >= 4 is 16.8 Å². The van der Waals surface area contributed by atoms with Crippen molar-refractivity contribution in [2.75, 3.05) is 26.4 Å². The number of carbonyl (C=O) groups is 1. The number of aromatic nitrogens is 1. The number of hydrogen-bond donors (Lipinski definition) is 3.